The van der Waals surface area contributed by atoms with Gasteiger partial charge in [-0.05, 0) is 26.6 Å². The Labute approximate surface area is 141 Å². The number of amides is 1. The van der Waals surface area contributed by atoms with Gasteiger partial charge in [-0.3, -0.25) is 14.4 Å². The zero-order valence-electron chi connectivity index (χ0n) is 14.3. The molecule has 0 aliphatic carbocycles. The van der Waals surface area contributed by atoms with Crippen molar-refractivity contribution in [1.82, 2.24) is 24.5 Å². The van der Waals surface area contributed by atoms with Gasteiger partial charge in [0.25, 0.3) is 5.92 Å². The fourth-order valence-electron chi connectivity index (χ4n) is 3.53. The molecule has 0 bridgehead atoms. The van der Waals surface area contributed by atoms with Crippen LogP contribution in [0.3, 0.4) is 0 Å². The van der Waals surface area contributed by atoms with E-state index in [4.69, 9.17) is 0 Å². The van der Waals surface area contributed by atoms with E-state index in [1.165, 1.54) is 0 Å². The Morgan fingerprint density at radius 3 is 2.88 bits per heavy atom. The standard InChI is InChI=1S/C16H25F2N5O/c1-20(2)11-15(24)22-10-14-3-6-19-23(14)7-4-13(22)9-21-8-5-16(17,18)12-21/h3,6,13H,4-5,7-12H2,1-2H3/t13-/m1/s1. The Morgan fingerprint density at radius 1 is 1.42 bits per heavy atom. The Balaban J connectivity index is 1.74. The number of halogens is 2. The topological polar surface area (TPSA) is 44.6 Å². The first kappa shape index (κ1) is 17.3. The number of alkyl halides is 2. The van der Waals surface area contributed by atoms with Gasteiger partial charge in [-0.15, -0.1) is 0 Å². The van der Waals surface area contributed by atoms with Gasteiger partial charge in [0.15, 0.2) is 0 Å². The number of rotatable bonds is 4. The summed E-state index contributed by atoms with van der Waals surface area (Å²) in [5.74, 6) is -2.57. The molecule has 2 aliphatic heterocycles. The Hall–Kier alpha value is -1.54. The number of hydrogen-bond acceptors (Lipinski definition) is 4. The molecule has 1 aromatic rings. The molecular weight excluding hydrogens is 316 g/mol. The molecule has 0 N–H and O–H groups in total. The highest BCUT2D eigenvalue weighted by Crippen LogP contribution is 2.28. The zero-order chi connectivity index (χ0) is 17.3. The Bertz CT molecular complexity index is 589. The number of carbonyl (C=O) groups excluding carboxylic acids is 1. The Kier molecular flexibility index (Phi) is 4.87. The molecule has 1 saturated heterocycles. The summed E-state index contributed by atoms with van der Waals surface area (Å²) in [5.41, 5.74) is 0.997. The minimum absolute atomic E-state index is 0.0330. The molecule has 3 rings (SSSR count). The molecule has 0 aromatic carbocycles. The van der Waals surface area contributed by atoms with Crippen LogP contribution in [0.4, 0.5) is 8.78 Å². The molecule has 1 atom stereocenters. The summed E-state index contributed by atoms with van der Waals surface area (Å²) in [4.78, 5) is 18.2. The van der Waals surface area contributed by atoms with Crippen molar-refractivity contribution < 1.29 is 13.6 Å². The van der Waals surface area contributed by atoms with E-state index in [2.05, 4.69) is 5.10 Å². The highest BCUT2D eigenvalue weighted by atomic mass is 19.3. The second kappa shape index (κ2) is 6.76. The van der Waals surface area contributed by atoms with Crippen molar-refractivity contribution in [3.63, 3.8) is 0 Å². The van der Waals surface area contributed by atoms with E-state index in [0.717, 1.165) is 12.1 Å². The van der Waals surface area contributed by atoms with Crippen LogP contribution >= 0.6 is 0 Å². The maximum Gasteiger partial charge on any atom is 0.261 e. The van der Waals surface area contributed by atoms with E-state index in [0.29, 0.717) is 32.7 Å². The number of fused-ring (bicyclic) bond motifs is 1. The van der Waals surface area contributed by atoms with Gasteiger partial charge in [0.05, 0.1) is 25.3 Å². The van der Waals surface area contributed by atoms with Crippen molar-refractivity contribution >= 4 is 5.91 Å². The van der Waals surface area contributed by atoms with Gasteiger partial charge in [0, 0.05) is 38.3 Å². The van der Waals surface area contributed by atoms with Gasteiger partial charge in [-0.1, -0.05) is 0 Å². The molecule has 1 amide bonds. The SMILES string of the molecule is CN(C)CC(=O)N1Cc2ccnn2CC[C@@H]1CN1CCC(F)(F)C1. The van der Waals surface area contributed by atoms with Crippen molar-refractivity contribution in [3.8, 4) is 0 Å². The number of aromatic nitrogens is 2. The first-order valence-corrected chi connectivity index (χ1v) is 8.39. The summed E-state index contributed by atoms with van der Waals surface area (Å²) in [6, 6.07) is 1.86. The van der Waals surface area contributed by atoms with Crippen LogP contribution < -0.4 is 0 Å². The van der Waals surface area contributed by atoms with Gasteiger partial charge >= 0.3 is 0 Å². The van der Waals surface area contributed by atoms with E-state index in [-0.39, 0.29) is 24.9 Å². The van der Waals surface area contributed by atoms with Crippen molar-refractivity contribution in [2.24, 2.45) is 0 Å². The molecule has 3 heterocycles. The second-order valence-electron chi connectivity index (χ2n) is 7.09. The van der Waals surface area contributed by atoms with Crippen molar-refractivity contribution in [2.45, 2.75) is 37.9 Å². The Morgan fingerprint density at radius 2 is 2.21 bits per heavy atom. The number of aryl methyl sites for hydroxylation is 1. The molecule has 134 valence electrons. The first-order valence-electron chi connectivity index (χ1n) is 8.39. The van der Waals surface area contributed by atoms with Crippen LogP contribution in [0.5, 0.6) is 0 Å². The summed E-state index contributed by atoms with van der Waals surface area (Å²) in [6.07, 6.45) is 2.38. The number of likely N-dealkylation sites (tertiary alicyclic amines) is 1. The van der Waals surface area contributed by atoms with Gasteiger partial charge in [0.1, 0.15) is 0 Å². The highest BCUT2D eigenvalue weighted by Gasteiger charge is 2.40. The summed E-state index contributed by atoms with van der Waals surface area (Å²) in [6.45, 7) is 2.21. The van der Waals surface area contributed by atoms with Crippen LogP contribution in [-0.2, 0) is 17.9 Å². The lowest BCUT2D eigenvalue weighted by molar-refractivity contribution is -0.135. The van der Waals surface area contributed by atoms with E-state index >= 15 is 0 Å². The predicted octanol–water partition coefficient (Wildman–Crippen LogP) is 0.887. The van der Waals surface area contributed by atoms with Crippen LogP contribution in [0.15, 0.2) is 12.3 Å². The quantitative estimate of drug-likeness (QED) is 0.816. The molecule has 0 saturated carbocycles. The number of nitrogens with zero attached hydrogens (tertiary/aromatic N) is 5. The molecule has 24 heavy (non-hydrogen) atoms. The minimum atomic E-state index is -2.60. The third-order valence-corrected chi connectivity index (χ3v) is 4.74. The lowest BCUT2D eigenvalue weighted by Crippen LogP contribution is -2.48. The average Bonchev–Trinajstić information content (AvgIpc) is 3.02. The van der Waals surface area contributed by atoms with Crippen LogP contribution in [-0.4, -0.2) is 82.6 Å². The third kappa shape index (κ3) is 3.92. The van der Waals surface area contributed by atoms with Gasteiger partial charge in [-0.2, -0.15) is 5.10 Å². The summed E-state index contributed by atoms with van der Waals surface area (Å²) >= 11 is 0. The number of likely N-dealkylation sites (N-methyl/N-ethyl adjacent to an activating group) is 1. The molecule has 1 fully saturated rings. The molecule has 2 aliphatic rings. The molecule has 8 heteroatoms. The van der Waals surface area contributed by atoms with Gasteiger partial charge in [0.2, 0.25) is 5.91 Å². The largest absolute Gasteiger partial charge is 0.331 e. The number of carbonyl (C=O) groups is 1. The monoisotopic (exact) mass is 341 g/mol. The van der Waals surface area contributed by atoms with E-state index < -0.39 is 5.92 Å². The smallest absolute Gasteiger partial charge is 0.261 e. The summed E-state index contributed by atoms with van der Waals surface area (Å²) < 4.78 is 28.9. The fourth-order valence-corrected chi connectivity index (χ4v) is 3.53. The normalized spacial score (nSPS) is 24.2. The lowest BCUT2D eigenvalue weighted by atomic mass is 10.1. The fraction of sp³-hybridized carbons (Fsp3) is 0.750. The van der Waals surface area contributed by atoms with Gasteiger partial charge < -0.3 is 9.80 Å². The van der Waals surface area contributed by atoms with Crippen LogP contribution in [0.25, 0.3) is 0 Å². The molecule has 6 nitrogen and oxygen atoms in total. The summed E-state index contributed by atoms with van der Waals surface area (Å²) in [7, 11) is 3.71. The average molecular weight is 341 g/mol. The maximum absolute atomic E-state index is 13.5. The molecule has 0 spiro atoms. The third-order valence-electron chi connectivity index (χ3n) is 4.74. The molecular formula is C16H25F2N5O. The number of hydrogen-bond donors (Lipinski definition) is 0. The van der Waals surface area contributed by atoms with E-state index in [1.54, 1.807) is 11.1 Å². The minimum Gasteiger partial charge on any atom is -0.331 e. The molecule has 1 aromatic heterocycles. The lowest BCUT2D eigenvalue weighted by Gasteiger charge is -2.33. The second-order valence-corrected chi connectivity index (χ2v) is 7.09. The first-order chi connectivity index (χ1) is 11.3. The highest BCUT2D eigenvalue weighted by molar-refractivity contribution is 5.78. The van der Waals surface area contributed by atoms with E-state index in [9.17, 15) is 13.6 Å². The van der Waals surface area contributed by atoms with Crippen molar-refractivity contribution in [2.75, 3.05) is 40.3 Å². The van der Waals surface area contributed by atoms with Crippen LogP contribution in [0.1, 0.15) is 18.5 Å². The van der Waals surface area contributed by atoms with Crippen molar-refractivity contribution in [3.05, 3.63) is 18.0 Å². The van der Waals surface area contributed by atoms with E-state index in [1.807, 2.05) is 34.6 Å². The van der Waals surface area contributed by atoms with Gasteiger partial charge in [-0.25, -0.2) is 8.78 Å². The van der Waals surface area contributed by atoms with Crippen LogP contribution in [0, 0.1) is 0 Å². The maximum atomic E-state index is 13.5. The van der Waals surface area contributed by atoms with Crippen LogP contribution in [0.2, 0.25) is 0 Å². The molecule has 0 radical (unpaired) electrons. The summed E-state index contributed by atoms with van der Waals surface area (Å²) in [5, 5.41) is 4.30. The molecule has 0 unspecified atom stereocenters. The predicted molar refractivity (Wildman–Crippen MR) is 85.7 cm³/mol. The zero-order valence-corrected chi connectivity index (χ0v) is 14.3. The van der Waals surface area contributed by atoms with Crippen molar-refractivity contribution in [1.29, 1.82) is 0 Å².